The molecule has 0 radical (unpaired) electrons. The Morgan fingerprint density at radius 1 is 1.53 bits per heavy atom. The molecule has 0 spiro atoms. The molecule has 0 saturated heterocycles. The lowest BCUT2D eigenvalue weighted by molar-refractivity contribution is -0.385. The van der Waals surface area contributed by atoms with Crippen LogP contribution in [0.15, 0.2) is 16.7 Å². The van der Waals surface area contributed by atoms with E-state index in [9.17, 15) is 10.1 Å². The van der Waals surface area contributed by atoms with E-state index in [4.69, 9.17) is 0 Å². The first kappa shape index (κ1) is 14.6. The number of thioether (sulfide) groups is 1. The third-order valence-corrected chi connectivity index (χ3v) is 5.14. The zero-order valence-corrected chi connectivity index (χ0v) is 13.0. The number of anilines is 1. The topological polar surface area (TPSA) is 68.1 Å². The van der Waals surface area contributed by atoms with E-state index in [1.807, 2.05) is 11.8 Å². The summed E-state index contributed by atoms with van der Waals surface area (Å²) in [5, 5.41) is 14.7. The summed E-state index contributed by atoms with van der Waals surface area (Å²) in [5.74, 6) is 0.691. The molecule has 1 aliphatic carbocycles. The molecule has 1 saturated carbocycles. The van der Waals surface area contributed by atoms with Gasteiger partial charge in [0.2, 0.25) is 0 Å². The van der Waals surface area contributed by atoms with Crippen molar-refractivity contribution >= 4 is 39.2 Å². The maximum atomic E-state index is 10.7. The quantitative estimate of drug-likeness (QED) is 0.663. The van der Waals surface area contributed by atoms with Crippen LogP contribution in [-0.4, -0.2) is 27.5 Å². The highest BCUT2D eigenvalue weighted by Gasteiger charge is 2.25. The molecule has 1 N–H and O–H groups in total. The lowest BCUT2D eigenvalue weighted by Gasteiger charge is -2.31. The summed E-state index contributed by atoms with van der Waals surface area (Å²) in [6.07, 6.45) is 8.25. The molecule has 7 heteroatoms. The van der Waals surface area contributed by atoms with E-state index in [-0.39, 0.29) is 5.69 Å². The van der Waals surface area contributed by atoms with Crippen molar-refractivity contribution in [1.29, 1.82) is 0 Å². The summed E-state index contributed by atoms with van der Waals surface area (Å²) in [6, 6.07) is 1.88. The molecule has 0 aromatic carbocycles. The fourth-order valence-electron chi connectivity index (χ4n) is 2.35. The molecule has 1 fully saturated rings. The zero-order chi connectivity index (χ0) is 13.8. The lowest BCUT2D eigenvalue weighted by Crippen LogP contribution is -2.34. The number of aromatic nitrogens is 1. The average Bonchev–Trinajstić information content (AvgIpc) is 2.41. The molecule has 104 valence electrons. The highest BCUT2D eigenvalue weighted by molar-refractivity contribution is 9.10. The van der Waals surface area contributed by atoms with Crippen molar-refractivity contribution in [3.8, 4) is 0 Å². The van der Waals surface area contributed by atoms with Crippen LogP contribution in [-0.2, 0) is 0 Å². The van der Waals surface area contributed by atoms with Crippen LogP contribution >= 0.6 is 27.7 Å². The molecule has 5 nitrogen and oxygen atoms in total. The van der Waals surface area contributed by atoms with Crippen molar-refractivity contribution in [2.75, 3.05) is 11.6 Å². The van der Waals surface area contributed by atoms with Crippen LogP contribution in [0.5, 0.6) is 0 Å². The van der Waals surface area contributed by atoms with Crippen LogP contribution < -0.4 is 5.32 Å². The van der Waals surface area contributed by atoms with Crippen LogP contribution in [0.2, 0.25) is 0 Å². The second kappa shape index (κ2) is 6.56. The van der Waals surface area contributed by atoms with Crippen LogP contribution in [0.4, 0.5) is 11.5 Å². The van der Waals surface area contributed by atoms with Crippen molar-refractivity contribution in [3.05, 3.63) is 26.9 Å². The van der Waals surface area contributed by atoms with E-state index in [2.05, 4.69) is 32.5 Å². The van der Waals surface area contributed by atoms with Gasteiger partial charge in [0, 0.05) is 17.4 Å². The summed E-state index contributed by atoms with van der Waals surface area (Å²) in [7, 11) is 0. The van der Waals surface area contributed by atoms with Crippen LogP contribution in [0.25, 0.3) is 0 Å². The first-order chi connectivity index (χ1) is 9.11. The second-order valence-corrected chi connectivity index (χ2v) is 6.52. The van der Waals surface area contributed by atoms with Gasteiger partial charge in [0.15, 0.2) is 0 Å². The van der Waals surface area contributed by atoms with Gasteiger partial charge in [-0.25, -0.2) is 4.98 Å². The number of nitrogens with one attached hydrogen (secondary N) is 1. The monoisotopic (exact) mass is 345 g/mol. The van der Waals surface area contributed by atoms with Gasteiger partial charge < -0.3 is 5.32 Å². The van der Waals surface area contributed by atoms with Gasteiger partial charge in [0.1, 0.15) is 12.0 Å². The Kier molecular flexibility index (Phi) is 5.04. The molecule has 2 atom stereocenters. The van der Waals surface area contributed by atoms with Crippen LogP contribution in [0.3, 0.4) is 0 Å². The highest BCUT2D eigenvalue weighted by Crippen LogP contribution is 2.31. The molecule has 0 aliphatic heterocycles. The summed E-state index contributed by atoms with van der Waals surface area (Å²) < 4.78 is 0.645. The Morgan fingerprint density at radius 2 is 2.26 bits per heavy atom. The third kappa shape index (κ3) is 3.60. The molecule has 1 aromatic heterocycles. The summed E-state index contributed by atoms with van der Waals surface area (Å²) in [4.78, 5) is 14.4. The Bertz CT molecular complexity index is 472. The Morgan fingerprint density at radius 3 is 2.89 bits per heavy atom. The van der Waals surface area contributed by atoms with E-state index in [0.29, 0.717) is 21.6 Å². The molecule has 1 aromatic rings. The maximum Gasteiger partial charge on any atom is 0.288 e. The van der Waals surface area contributed by atoms with Crippen LogP contribution in [0.1, 0.15) is 25.7 Å². The number of hydrogen-bond donors (Lipinski definition) is 1. The van der Waals surface area contributed by atoms with Gasteiger partial charge >= 0.3 is 0 Å². The molecule has 0 bridgehead atoms. The molecule has 2 rings (SSSR count). The number of rotatable bonds is 4. The van der Waals surface area contributed by atoms with Crippen LogP contribution in [0, 0.1) is 10.1 Å². The normalized spacial score (nSPS) is 23.1. The molecule has 0 amide bonds. The van der Waals surface area contributed by atoms with E-state index >= 15 is 0 Å². The summed E-state index contributed by atoms with van der Waals surface area (Å²) in [6.45, 7) is 0. The number of nitrogens with zero attached hydrogens (tertiary/aromatic N) is 2. The number of pyridine rings is 1. The van der Waals surface area contributed by atoms with E-state index < -0.39 is 4.92 Å². The standard InChI is InChI=1S/C12H16BrN3O2S/c1-19-11-5-3-2-4-10(11)15-12-9(13)6-8(7-14-12)16(17)18/h6-7,10-11H,2-5H2,1H3,(H,14,15). The first-order valence-electron chi connectivity index (χ1n) is 6.21. The number of hydrogen-bond acceptors (Lipinski definition) is 5. The van der Waals surface area contributed by atoms with Gasteiger partial charge in [0.05, 0.1) is 9.40 Å². The molecule has 1 aliphatic rings. The van der Waals surface area contributed by atoms with E-state index in [0.717, 1.165) is 6.42 Å². The van der Waals surface area contributed by atoms with Crippen molar-refractivity contribution in [2.45, 2.75) is 37.0 Å². The van der Waals surface area contributed by atoms with Gasteiger partial charge in [0.25, 0.3) is 5.69 Å². The second-order valence-electron chi connectivity index (χ2n) is 4.59. The van der Waals surface area contributed by atoms with Gasteiger partial charge in [-0.2, -0.15) is 11.8 Å². The minimum atomic E-state index is -0.438. The summed E-state index contributed by atoms with van der Waals surface area (Å²) in [5.41, 5.74) is 0.00230. The lowest BCUT2D eigenvalue weighted by atomic mass is 9.95. The van der Waals surface area contributed by atoms with Gasteiger partial charge in [-0.3, -0.25) is 10.1 Å². The Hall–Kier alpha value is -0.820. The fourth-order valence-corrected chi connectivity index (χ4v) is 3.74. The Labute approximate surface area is 124 Å². The average molecular weight is 346 g/mol. The molecule has 19 heavy (non-hydrogen) atoms. The first-order valence-corrected chi connectivity index (χ1v) is 8.29. The fraction of sp³-hybridized carbons (Fsp3) is 0.583. The third-order valence-electron chi connectivity index (χ3n) is 3.36. The maximum absolute atomic E-state index is 10.7. The van der Waals surface area contributed by atoms with Crippen molar-refractivity contribution in [2.24, 2.45) is 0 Å². The highest BCUT2D eigenvalue weighted by atomic mass is 79.9. The number of nitro groups is 1. The minimum absolute atomic E-state index is 0.00230. The minimum Gasteiger partial charge on any atom is -0.365 e. The number of halogens is 1. The molecule has 2 unspecified atom stereocenters. The van der Waals surface area contributed by atoms with E-state index in [1.54, 1.807) is 0 Å². The van der Waals surface area contributed by atoms with Gasteiger partial charge in [-0.1, -0.05) is 12.8 Å². The van der Waals surface area contributed by atoms with E-state index in [1.165, 1.54) is 31.5 Å². The molecule has 1 heterocycles. The predicted molar refractivity (Wildman–Crippen MR) is 81.8 cm³/mol. The SMILES string of the molecule is CSC1CCCCC1Nc1ncc([N+](=O)[O-])cc1Br. The molecular weight excluding hydrogens is 330 g/mol. The predicted octanol–water partition coefficient (Wildman–Crippen LogP) is 3.84. The van der Waals surface area contributed by atoms with Crippen molar-refractivity contribution in [3.63, 3.8) is 0 Å². The largest absolute Gasteiger partial charge is 0.365 e. The zero-order valence-electron chi connectivity index (χ0n) is 10.6. The van der Waals surface area contributed by atoms with Gasteiger partial charge in [-0.05, 0) is 35.0 Å². The Balaban J connectivity index is 2.11. The smallest absolute Gasteiger partial charge is 0.288 e. The molecular formula is C12H16BrN3O2S. The van der Waals surface area contributed by atoms with Gasteiger partial charge in [-0.15, -0.1) is 0 Å². The van der Waals surface area contributed by atoms with Crippen molar-refractivity contribution < 1.29 is 4.92 Å². The van der Waals surface area contributed by atoms with Crippen molar-refractivity contribution in [1.82, 2.24) is 4.98 Å². The summed E-state index contributed by atoms with van der Waals surface area (Å²) >= 11 is 5.22.